The summed E-state index contributed by atoms with van der Waals surface area (Å²) in [5.41, 5.74) is 4.36. The molecule has 3 heterocycles. The second-order valence-electron chi connectivity index (χ2n) is 5.72. The smallest absolute Gasteiger partial charge is 0.342 e. The SMILES string of the molecule is C[C@H]1OC(=O)C2=C1N1CCc3ccccc3[C@@H]1C/C2=N/O. The van der Waals surface area contributed by atoms with Crippen molar-refractivity contribution in [1.29, 1.82) is 0 Å². The first-order valence-electron chi connectivity index (χ1n) is 7.21. The zero-order valence-corrected chi connectivity index (χ0v) is 11.7. The van der Waals surface area contributed by atoms with E-state index in [9.17, 15) is 10.0 Å². The number of hydrogen-bond acceptors (Lipinski definition) is 5. The molecule has 21 heavy (non-hydrogen) atoms. The Morgan fingerprint density at radius 2 is 2.19 bits per heavy atom. The van der Waals surface area contributed by atoms with Crippen molar-refractivity contribution in [1.82, 2.24) is 4.90 Å². The largest absolute Gasteiger partial charge is 0.453 e. The summed E-state index contributed by atoms with van der Waals surface area (Å²) in [4.78, 5) is 14.3. The van der Waals surface area contributed by atoms with E-state index in [1.807, 2.05) is 19.1 Å². The van der Waals surface area contributed by atoms with Crippen molar-refractivity contribution in [2.45, 2.75) is 31.9 Å². The molecule has 108 valence electrons. The Kier molecular flexibility index (Phi) is 2.58. The van der Waals surface area contributed by atoms with Crippen LogP contribution in [0, 0.1) is 0 Å². The average Bonchev–Trinajstić information content (AvgIpc) is 2.81. The van der Waals surface area contributed by atoms with Gasteiger partial charge in [-0.2, -0.15) is 0 Å². The highest BCUT2D eigenvalue weighted by Crippen LogP contribution is 2.43. The van der Waals surface area contributed by atoms with E-state index < -0.39 is 0 Å². The lowest BCUT2D eigenvalue weighted by molar-refractivity contribution is -0.138. The number of ether oxygens (including phenoxy) is 1. The molecule has 0 radical (unpaired) electrons. The topological polar surface area (TPSA) is 62.1 Å². The molecule has 4 rings (SSSR count). The van der Waals surface area contributed by atoms with Gasteiger partial charge in [-0.3, -0.25) is 0 Å². The van der Waals surface area contributed by atoms with Crippen LogP contribution in [0.15, 0.2) is 40.7 Å². The number of carbonyl (C=O) groups is 1. The maximum absolute atomic E-state index is 12.0. The standard InChI is InChI=1S/C16H16N2O3/c1-9-15-14(16(19)21-9)12(17-20)8-13-11-5-3-2-4-10(11)6-7-18(13)15/h2-5,9,13,20H,6-8H2,1H3/b17-12-/t9-,13+/m1/s1. The molecular formula is C16H16N2O3. The number of oxime groups is 1. The molecule has 0 saturated carbocycles. The Bertz CT molecular complexity index is 693. The number of fused-ring (bicyclic) bond motifs is 4. The first kappa shape index (κ1) is 12.4. The maximum Gasteiger partial charge on any atom is 0.342 e. The number of rotatable bonds is 0. The predicted molar refractivity (Wildman–Crippen MR) is 76.0 cm³/mol. The van der Waals surface area contributed by atoms with E-state index in [2.05, 4.69) is 22.2 Å². The summed E-state index contributed by atoms with van der Waals surface area (Å²) in [6.45, 7) is 2.73. The molecule has 0 saturated heterocycles. The molecule has 0 fully saturated rings. The highest BCUT2D eigenvalue weighted by Gasteiger charge is 2.45. The molecule has 5 heteroatoms. The summed E-state index contributed by atoms with van der Waals surface area (Å²) in [5, 5.41) is 12.7. The molecule has 0 spiro atoms. The van der Waals surface area contributed by atoms with Gasteiger partial charge in [0.05, 0.1) is 17.5 Å². The van der Waals surface area contributed by atoms with Gasteiger partial charge < -0.3 is 14.8 Å². The monoisotopic (exact) mass is 284 g/mol. The number of nitrogens with zero attached hydrogens (tertiary/aromatic N) is 2. The van der Waals surface area contributed by atoms with E-state index in [4.69, 9.17) is 4.74 Å². The molecule has 2 atom stereocenters. The normalized spacial score (nSPS) is 29.1. The van der Waals surface area contributed by atoms with Crippen molar-refractivity contribution in [2.75, 3.05) is 6.54 Å². The lowest BCUT2D eigenvalue weighted by Crippen LogP contribution is -2.42. The van der Waals surface area contributed by atoms with E-state index in [0.717, 1.165) is 18.7 Å². The molecule has 0 aliphatic carbocycles. The Labute approximate surface area is 122 Å². The summed E-state index contributed by atoms with van der Waals surface area (Å²) in [7, 11) is 0. The fourth-order valence-corrected chi connectivity index (χ4v) is 3.76. The lowest BCUT2D eigenvalue weighted by atomic mass is 9.84. The van der Waals surface area contributed by atoms with Crippen molar-refractivity contribution in [3.05, 3.63) is 46.7 Å². The third-order valence-electron chi connectivity index (χ3n) is 4.65. The fourth-order valence-electron chi connectivity index (χ4n) is 3.76. The lowest BCUT2D eigenvalue weighted by Gasteiger charge is -2.43. The Morgan fingerprint density at radius 3 is 3.00 bits per heavy atom. The minimum absolute atomic E-state index is 0.122. The molecule has 1 N–H and O–H groups in total. The minimum Gasteiger partial charge on any atom is -0.453 e. The summed E-state index contributed by atoms with van der Waals surface area (Å²) in [6, 6.07) is 8.47. The summed E-state index contributed by atoms with van der Waals surface area (Å²) in [5.74, 6) is -0.373. The van der Waals surface area contributed by atoms with Crippen molar-refractivity contribution < 1.29 is 14.7 Å². The molecule has 1 aromatic rings. The van der Waals surface area contributed by atoms with Gasteiger partial charge in [0.1, 0.15) is 11.7 Å². The Hall–Kier alpha value is -2.30. The van der Waals surface area contributed by atoms with Crippen LogP contribution in [-0.2, 0) is 16.0 Å². The van der Waals surface area contributed by atoms with Gasteiger partial charge >= 0.3 is 5.97 Å². The van der Waals surface area contributed by atoms with Crippen molar-refractivity contribution in [2.24, 2.45) is 5.16 Å². The van der Waals surface area contributed by atoms with Crippen LogP contribution in [0.1, 0.15) is 30.5 Å². The van der Waals surface area contributed by atoms with Crippen LogP contribution >= 0.6 is 0 Å². The highest BCUT2D eigenvalue weighted by molar-refractivity contribution is 6.22. The third-order valence-corrected chi connectivity index (χ3v) is 4.65. The Balaban J connectivity index is 1.88. The fraction of sp³-hybridized carbons (Fsp3) is 0.375. The van der Waals surface area contributed by atoms with E-state index in [1.54, 1.807) is 0 Å². The molecule has 5 nitrogen and oxygen atoms in total. The number of carbonyl (C=O) groups excluding carboxylic acids is 1. The van der Waals surface area contributed by atoms with Crippen LogP contribution < -0.4 is 0 Å². The van der Waals surface area contributed by atoms with Gasteiger partial charge in [0, 0.05) is 13.0 Å². The van der Waals surface area contributed by atoms with E-state index in [-0.39, 0.29) is 18.1 Å². The van der Waals surface area contributed by atoms with Gasteiger partial charge in [-0.05, 0) is 24.5 Å². The zero-order valence-electron chi connectivity index (χ0n) is 11.7. The van der Waals surface area contributed by atoms with Gasteiger partial charge in [-0.25, -0.2) is 4.79 Å². The first-order valence-corrected chi connectivity index (χ1v) is 7.21. The van der Waals surface area contributed by atoms with Gasteiger partial charge in [0.2, 0.25) is 0 Å². The quantitative estimate of drug-likeness (QED) is 0.450. The summed E-state index contributed by atoms with van der Waals surface area (Å²) < 4.78 is 5.33. The van der Waals surface area contributed by atoms with Crippen molar-refractivity contribution in [3.8, 4) is 0 Å². The van der Waals surface area contributed by atoms with Crippen LogP contribution in [0.25, 0.3) is 0 Å². The van der Waals surface area contributed by atoms with Crippen LogP contribution in [0.4, 0.5) is 0 Å². The second-order valence-corrected chi connectivity index (χ2v) is 5.72. The third kappa shape index (κ3) is 1.63. The molecule has 1 aromatic carbocycles. The molecule has 3 aliphatic heterocycles. The second kappa shape index (κ2) is 4.35. The average molecular weight is 284 g/mol. The van der Waals surface area contributed by atoms with Crippen LogP contribution in [-0.4, -0.2) is 34.4 Å². The predicted octanol–water partition coefficient (Wildman–Crippen LogP) is 2.02. The van der Waals surface area contributed by atoms with Crippen molar-refractivity contribution in [3.63, 3.8) is 0 Å². The molecule has 0 aromatic heterocycles. The number of hydrogen-bond donors (Lipinski definition) is 1. The van der Waals surface area contributed by atoms with Gasteiger partial charge in [0.15, 0.2) is 0 Å². The van der Waals surface area contributed by atoms with Gasteiger partial charge in [-0.15, -0.1) is 0 Å². The summed E-state index contributed by atoms with van der Waals surface area (Å²) >= 11 is 0. The van der Waals surface area contributed by atoms with E-state index in [1.165, 1.54) is 11.1 Å². The molecule has 3 aliphatic rings. The molecular weight excluding hydrogens is 268 g/mol. The van der Waals surface area contributed by atoms with Crippen LogP contribution in [0.5, 0.6) is 0 Å². The maximum atomic E-state index is 12.0. The molecule has 0 amide bonds. The van der Waals surface area contributed by atoms with Crippen molar-refractivity contribution >= 4 is 11.7 Å². The highest BCUT2D eigenvalue weighted by atomic mass is 16.5. The minimum atomic E-state index is -0.373. The number of cyclic esters (lactones) is 1. The van der Waals surface area contributed by atoms with E-state index in [0.29, 0.717) is 17.7 Å². The first-order chi connectivity index (χ1) is 10.2. The van der Waals surface area contributed by atoms with Gasteiger partial charge in [0.25, 0.3) is 0 Å². The molecule has 0 unspecified atom stereocenters. The number of esters is 1. The van der Waals surface area contributed by atoms with E-state index >= 15 is 0 Å². The Morgan fingerprint density at radius 1 is 1.38 bits per heavy atom. The molecule has 0 bridgehead atoms. The number of benzene rings is 1. The summed E-state index contributed by atoms with van der Waals surface area (Å²) in [6.07, 6.45) is 1.21. The van der Waals surface area contributed by atoms with Gasteiger partial charge in [-0.1, -0.05) is 29.4 Å². The van der Waals surface area contributed by atoms with Crippen LogP contribution in [0.2, 0.25) is 0 Å². The zero-order chi connectivity index (χ0) is 14.6. The van der Waals surface area contributed by atoms with Crippen LogP contribution in [0.3, 0.4) is 0 Å².